The Balaban J connectivity index is 2.13. The van der Waals surface area contributed by atoms with E-state index < -0.39 is 0 Å². The highest BCUT2D eigenvalue weighted by Crippen LogP contribution is 2.43. The Labute approximate surface area is 154 Å². The Morgan fingerprint density at radius 1 is 0.577 bits per heavy atom. The van der Waals surface area contributed by atoms with Crippen LogP contribution in [0.3, 0.4) is 0 Å². The molecule has 26 heavy (non-hydrogen) atoms. The van der Waals surface area contributed by atoms with E-state index in [2.05, 4.69) is 74.5 Å². The topological polar surface area (TPSA) is 0 Å². The van der Waals surface area contributed by atoms with Crippen molar-refractivity contribution in [1.82, 2.24) is 0 Å². The smallest absolute Gasteiger partial charge is 0.00234 e. The van der Waals surface area contributed by atoms with Crippen molar-refractivity contribution in [2.24, 2.45) is 0 Å². The summed E-state index contributed by atoms with van der Waals surface area (Å²) < 4.78 is 0. The molecule has 0 saturated carbocycles. The van der Waals surface area contributed by atoms with E-state index >= 15 is 0 Å². The summed E-state index contributed by atoms with van der Waals surface area (Å²) in [5.41, 5.74) is 3.13. The molecule has 0 amide bonds. The van der Waals surface area contributed by atoms with Gasteiger partial charge in [0.15, 0.2) is 0 Å². The Hall–Kier alpha value is -2.60. The van der Waals surface area contributed by atoms with Crippen molar-refractivity contribution in [3.63, 3.8) is 0 Å². The predicted octanol–water partition coefficient (Wildman–Crippen LogP) is 7.64. The van der Waals surface area contributed by atoms with Crippen molar-refractivity contribution >= 4 is 43.1 Å². The van der Waals surface area contributed by atoms with E-state index in [1.165, 1.54) is 62.4 Å². The molecule has 0 atom stereocenters. The summed E-state index contributed by atoms with van der Waals surface area (Å²) in [4.78, 5) is 0. The van der Waals surface area contributed by atoms with Gasteiger partial charge in [0.05, 0.1) is 0 Å². The zero-order valence-electron chi connectivity index (χ0n) is 15.6. The molecular weight excluding hydrogens is 312 g/mol. The monoisotopic (exact) mass is 336 g/mol. The fraction of sp³-hybridized carbons (Fsp3) is 0.231. The third kappa shape index (κ3) is 2.08. The second-order valence-electron chi connectivity index (χ2n) is 7.50. The van der Waals surface area contributed by atoms with Gasteiger partial charge in [-0.2, -0.15) is 0 Å². The molecule has 128 valence electrons. The normalized spacial score (nSPS) is 12.1. The molecule has 0 heterocycles. The van der Waals surface area contributed by atoms with E-state index in [0.717, 1.165) is 6.42 Å². The van der Waals surface area contributed by atoms with E-state index in [-0.39, 0.29) is 0 Å². The van der Waals surface area contributed by atoms with Crippen LogP contribution < -0.4 is 0 Å². The SMILES string of the molecule is CCCc1cc2cccc3c4cccc5cccc(c(c1CCC)c23)c54. The zero-order chi connectivity index (χ0) is 17.7. The summed E-state index contributed by atoms with van der Waals surface area (Å²) in [7, 11) is 0. The lowest BCUT2D eigenvalue weighted by Crippen LogP contribution is -1.98. The second-order valence-corrected chi connectivity index (χ2v) is 7.50. The van der Waals surface area contributed by atoms with Crippen LogP contribution in [0, 0.1) is 0 Å². The van der Waals surface area contributed by atoms with E-state index in [9.17, 15) is 0 Å². The van der Waals surface area contributed by atoms with E-state index in [1.54, 1.807) is 11.1 Å². The van der Waals surface area contributed by atoms with Crippen LogP contribution in [0.5, 0.6) is 0 Å². The van der Waals surface area contributed by atoms with Crippen LogP contribution in [0.15, 0.2) is 60.7 Å². The van der Waals surface area contributed by atoms with Gasteiger partial charge in [-0.05, 0) is 67.1 Å². The largest absolute Gasteiger partial charge is 0.0651 e. The number of hydrogen-bond donors (Lipinski definition) is 0. The van der Waals surface area contributed by atoms with Crippen LogP contribution in [0.1, 0.15) is 37.8 Å². The van der Waals surface area contributed by atoms with E-state index in [0.29, 0.717) is 0 Å². The summed E-state index contributed by atoms with van der Waals surface area (Å²) in [6.07, 6.45) is 4.71. The lowest BCUT2D eigenvalue weighted by atomic mass is 9.84. The van der Waals surface area contributed by atoms with Gasteiger partial charge in [0.1, 0.15) is 0 Å². The van der Waals surface area contributed by atoms with Crippen molar-refractivity contribution in [2.45, 2.75) is 39.5 Å². The molecule has 0 aliphatic carbocycles. The standard InChI is InChI=1S/C26H24/c1-3-8-18-16-19-12-7-14-22-21-13-5-10-17-11-6-15-23(24(17)21)26(25(19)22)20(18)9-4-2/h5-7,10-16H,3-4,8-9H2,1-2H3. The third-order valence-corrected chi connectivity index (χ3v) is 5.85. The van der Waals surface area contributed by atoms with Gasteiger partial charge in [-0.25, -0.2) is 0 Å². The molecule has 0 saturated heterocycles. The minimum absolute atomic E-state index is 1.16. The molecule has 0 unspecified atom stereocenters. The Bertz CT molecular complexity index is 1240. The van der Waals surface area contributed by atoms with Gasteiger partial charge in [-0.3, -0.25) is 0 Å². The molecule has 0 nitrogen and oxygen atoms in total. The number of fused-ring (bicyclic) bond motifs is 2. The highest BCUT2D eigenvalue weighted by atomic mass is 14.2. The highest BCUT2D eigenvalue weighted by molar-refractivity contribution is 6.33. The van der Waals surface area contributed by atoms with Crippen molar-refractivity contribution in [3.8, 4) is 0 Å². The average Bonchev–Trinajstić information content (AvgIpc) is 2.67. The second kappa shape index (κ2) is 5.99. The summed E-state index contributed by atoms with van der Waals surface area (Å²) in [6, 6.07) is 22.9. The molecule has 0 N–H and O–H groups in total. The summed E-state index contributed by atoms with van der Waals surface area (Å²) in [5.74, 6) is 0. The van der Waals surface area contributed by atoms with Crippen molar-refractivity contribution < 1.29 is 0 Å². The minimum Gasteiger partial charge on any atom is -0.0651 e. The first-order valence-corrected chi connectivity index (χ1v) is 9.93. The van der Waals surface area contributed by atoms with Gasteiger partial charge in [-0.1, -0.05) is 87.4 Å². The number of benzene rings is 5. The third-order valence-electron chi connectivity index (χ3n) is 5.85. The van der Waals surface area contributed by atoms with Crippen molar-refractivity contribution in [3.05, 3.63) is 71.8 Å². The summed E-state index contributed by atoms with van der Waals surface area (Å²) in [5, 5.41) is 11.4. The Morgan fingerprint density at radius 2 is 1.19 bits per heavy atom. The molecule has 0 aromatic heterocycles. The zero-order valence-corrected chi connectivity index (χ0v) is 15.6. The van der Waals surface area contributed by atoms with Gasteiger partial charge in [0, 0.05) is 0 Å². The lowest BCUT2D eigenvalue weighted by Gasteiger charge is -2.20. The number of hydrogen-bond acceptors (Lipinski definition) is 0. The fourth-order valence-electron chi connectivity index (χ4n) is 4.88. The molecule has 0 fully saturated rings. The average molecular weight is 336 g/mol. The molecule has 5 aromatic carbocycles. The first-order chi connectivity index (χ1) is 12.8. The minimum atomic E-state index is 1.16. The Kier molecular flexibility index (Phi) is 3.60. The Morgan fingerprint density at radius 3 is 1.88 bits per heavy atom. The van der Waals surface area contributed by atoms with Crippen molar-refractivity contribution in [1.29, 1.82) is 0 Å². The molecule has 0 bridgehead atoms. The molecule has 5 aromatic rings. The molecule has 0 spiro atoms. The van der Waals surface area contributed by atoms with Gasteiger partial charge in [-0.15, -0.1) is 0 Å². The van der Waals surface area contributed by atoms with Gasteiger partial charge < -0.3 is 0 Å². The molecule has 5 rings (SSSR count). The van der Waals surface area contributed by atoms with Crippen LogP contribution >= 0.6 is 0 Å². The molecule has 0 aliphatic heterocycles. The fourth-order valence-corrected chi connectivity index (χ4v) is 4.88. The van der Waals surface area contributed by atoms with Crippen LogP contribution in [-0.4, -0.2) is 0 Å². The van der Waals surface area contributed by atoms with Crippen LogP contribution in [0.25, 0.3) is 43.1 Å². The lowest BCUT2D eigenvalue weighted by molar-refractivity contribution is 0.870. The molecule has 0 radical (unpaired) electrons. The quantitative estimate of drug-likeness (QED) is 0.233. The van der Waals surface area contributed by atoms with Gasteiger partial charge in [0.25, 0.3) is 0 Å². The maximum atomic E-state index is 2.46. The maximum absolute atomic E-state index is 2.46. The van der Waals surface area contributed by atoms with Crippen LogP contribution in [-0.2, 0) is 12.8 Å². The summed E-state index contributed by atoms with van der Waals surface area (Å²) >= 11 is 0. The van der Waals surface area contributed by atoms with E-state index in [1.807, 2.05) is 0 Å². The first-order valence-electron chi connectivity index (χ1n) is 9.93. The van der Waals surface area contributed by atoms with Gasteiger partial charge in [0.2, 0.25) is 0 Å². The number of rotatable bonds is 4. The highest BCUT2D eigenvalue weighted by Gasteiger charge is 2.17. The molecule has 0 heteroatoms. The van der Waals surface area contributed by atoms with Crippen LogP contribution in [0.2, 0.25) is 0 Å². The summed E-state index contributed by atoms with van der Waals surface area (Å²) in [6.45, 7) is 4.59. The molecular formula is C26H24. The van der Waals surface area contributed by atoms with Crippen molar-refractivity contribution in [2.75, 3.05) is 0 Å². The van der Waals surface area contributed by atoms with Gasteiger partial charge >= 0.3 is 0 Å². The van der Waals surface area contributed by atoms with E-state index in [4.69, 9.17) is 0 Å². The predicted molar refractivity (Wildman–Crippen MR) is 116 cm³/mol. The van der Waals surface area contributed by atoms with Crippen LogP contribution in [0.4, 0.5) is 0 Å². The number of aryl methyl sites for hydroxylation is 2. The first kappa shape index (κ1) is 15.6. The maximum Gasteiger partial charge on any atom is -0.00234 e. The molecule has 0 aliphatic rings.